The number of amides is 2. The minimum atomic E-state index is -0.129. The second kappa shape index (κ2) is 8.09. The monoisotopic (exact) mass is 383 g/mol. The normalized spacial score (nSPS) is 38.4. The average molecular weight is 384 g/mol. The van der Waals surface area contributed by atoms with Crippen LogP contribution >= 0.6 is 23.5 Å². The molecule has 2 amide bonds. The molecule has 0 aromatic rings. The molecule has 2 heterocycles. The van der Waals surface area contributed by atoms with Gasteiger partial charge in [0.1, 0.15) is 5.37 Å². The van der Waals surface area contributed by atoms with Crippen molar-refractivity contribution >= 4 is 35.3 Å². The van der Waals surface area contributed by atoms with Gasteiger partial charge in [0.2, 0.25) is 11.8 Å². The summed E-state index contributed by atoms with van der Waals surface area (Å²) >= 11 is 3.72. The van der Waals surface area contributed by atoms with Gasteiger partial charge in [-0.05, 0) is 25.7 Å². The van der Waals surface area contributed by atoms with Gasteiger partial charge in [-0.25, -0.2) is 0 Å². The largest absolute Gasteiger partial charge is 0.350 e. The van der Waals surface area contributed by atoms with E-state index in [1.54, 1.807) is 11.8 Å². The molecule has 4 fully saturated rings. The fourth-order valence-electron chi connectivity index (χ4n) is 4.70. The van der Waals surface area contributed by atoms with Crippen molar-refractivity contribution in [3.05, 3.63) is 0 Å². The van der Waals surface area contributed by atoms with Crippen LogP contribution in [0.4, 0.5) is 0 Å². The maximum Gasteiger partial charge on any atom is 0.247 e. The third-order valence-electron chi connectivity index (χ3n) is 6.10. The SMILES string of the molecule is O=C(NC1CCCC1C(=O)N1CCSCC1)C1NC2CCCCC2S1. The summed E-state index contributed by atoms with van der Waals surface area (Å²) in [5.74, 6) is 2.43. The highest BCUT2D eigenvalue weighted by molar-refractivity contribution is 8.01. The van der Waals surface area contributed by atoms with E-state index >= 15 is 0 Å². The van der Waals surface area contributed by atoms with Gasteiger partial charge in [0.05, 0.1) is 5.92 Å². The number of nitrogens with zero attached hydrogens (tertiary/aromatic N) is 1. The van der Waals surface area contributed by atoms with E-state index < -0.39 is 0 Å². The van der Waals surface area contributed by atoms with Crippen molar-refractivity contribution < 1.29 is 9.59 Å². The first-order valence-corrected chi connectivity index (χ1v) is 11.9. The Morgan fingerprint density at radius 3 is 2.60 bits per heavy atom. The fourth-order valence-corrected chi connectivity index (χ4v) is 7.11. The Morgan fingerprint density at radius 2 is 1.80 bits per heavy atom. The number of carbonyl (C=O) groups is 2. The average Bonchev–Trinajstić information content (AvgIpc) is 3.28. The van der Waals surface area contributed by atoms with Crippen molar-refractivity contribution in [2.24, 2.45) is 5.92 Å². The number of nitrogens with one attached hydrogen (secondary N) is 2. The minimum Gasteiger partial charge on any atom is -0.350 e. The Bertz CT molecular complexity index is 499. The summed E-state index contributed by atoms with van der Waals surface area (Å²) in [4.78, 5) is 27.6. The molecule has 140 valence electrons. The second-order valence-electron chi connectivity index (χ2n) is 7.70. The Kier molecular flexibility index (Phi) is 5.82. The highest BCUT2D eigenvalue weighted by Gasteiger charge is 2.42. The van der Waals surface area contributed by atoms with Crippen molar-refractivity contribution in [3.63, 3.8) is 0 Å². The van der Waals surface area contributed by atoms with Crippen molar-refractivity contribution in [2.75, 3.05) is 24.6 Å². The number of hydrogen-bond acceptors (Lipinski definition) is 5. The van der Waals surface area contributed by atoms with Gasteiger partial charge < -0.3 is 10.2 Å². The van der Waals surface area contributed by atoms with Gasteiger partial charge in [-0.1, -0.05) is 19.3 Å². The van der Waals surface area contributed by atoms with E-state index in [0.29, 0.717) is 11.3 Å². The van der Waals surface area contributed by atoms with Crippen LogP contribution in [0.25, 0.3) is 0 Å². The molecule has 5 nitrogen and oxygen atoms in total. The molecule has 4 aliphatic rings. The third kappa shape index (κ3) is 3.98. The Morgan fingerprint density at radius 1 is 1.00 bits per heavy atom. The summed E-state index contributed by atoms with van der Waals surface area (Å²) in [7, 11) is 0. The van der Waals surface area contributed by atoms with E-state index in [0.717, 1.165) is 43.9 Å². The van der Waals surface area contributed by atoms with Crippen molar-refractivity contribution in [1.82, 2.24) is 15.5 Å². The van der Waals surface area contributed by atoms with Gasteiger partial charge in [0.25, 0.3) is 0 Å². The molecule has 0 aromatic carbocycles. The topological polar surface area (TPSA) is 61.4 Å². The molecule has 5 atom stereocenters. The van der Waals surface area contributed by atoms with Crippen LogP contribution in [0.15, 0.2) is 0 Å². The number of rotatable bonds is 3. The van der Waals surface area contributed by atoms with Crippen molar-refractivity contribution in [2.45, 2.75) is 67.7 Å². The van der Waals surface area contributed by atoms with E-state index in [-0.39, 0.29) is 29.1 Å². The number of thioether (sulfide) groups is 2. The minimum absolute atomic E-state index is 0.0132. The molecule has 7 heteroatoms. The predicted octanol–water partition coefficient (Wildman–Crippen LogP) is 1.82. The van der Waals surface area contributed by atoms with Gasteiger partial charge in [0.15, 0.2) is 0 Å². The number of carbonyl (C=O) groups excluding carboxylic acids is 2. The summed E-state index contributed by atoms with van der Waals surface area (Å²) in [5.41, 5.74) is 0. The molecule has 2 N–H and O–H groups in total. The smallest absolute Gasteiger partial charge is 0.247 e. The van der Waals surface area contributed by atoms with Crippen LogP contribution in [0.2, 0.25) is 0 Å². The predicted molar refractivity (Wildman–Crippen MR) is 104 cm³/mol. The van der Waals surface area contributed by atoms with Gasteiger partial charge in [-0.2, -0.15) is 11.8 Å². The van der Waals surface area contributed by atoms with Crippen molar-refractivity contribution in [3.8, 4) is 0 Å². The van der Waals surface area contributed by atoms with Crippen LogP contribution < -0.4 is 10.6 Å². The Balaban J connectivity index is 1.33. The quantitative estimate of drug-likeness (QED) is 0.778. The van der Waals surface area contributed by atoms with Crippen LogP contribution in [0, 0.1) is 5.92 Å². The first-order chi connectivity index (χ1) is 12.2. The summed E-state index contributed by atoms with van der Waals surface area (Å²) in [5, 5.41) is 7.22. The summed E-state index contributed by atoms with van der Waals surface area (Å²) < 4.78 is 0. The summed E-state index contributed by atoms with van der Waals surface area (Å²) in [6, 6.07) is 0.529. The lowest BCUT2D eigenvalue weighted by Crippen LogP contribution is -2.51. The Labute approximate surface area is 158 Å². The number of fused-ring (bicyclic) bond motifs is 1. The van der Waals surface area contributed by atoms with E-state index in [9.17, 15) is 9.59 Å². The van der Waals surface area contributed by atoms with Crippen LogP contribution in [-0.4, -0.2) is 64.0 Å². The fraction of sp³-hybridized carbons (Fsp3) is 0.889. The highest BCUT2D eigenvalue weighted by atomic mass is 32.2. The maximum absolute atomic E-state index is 12.9. The van der Waals surface area contributed by atoms with Crippen LogP contribution in [0.1, 0.15) is 44.9 Å². The van der Waals surface area contributed by atoms with E-state index in [4.69, 9.17) is 0 Å². The molecule has 0 spiro atoms. The highest BCUT2D eigenvalue weighted by Crippen LogP contribution is 2.37. The standard InChI is InChI=1S/C18H29N3O2S2/c22-16(17-20-14-5-1-2-7-15(14)25-17)19-13-6-3-4-12(13)18(23)21-8-10-24-11-9-21/h12-15,17,20H,1-11H2,(H,19,22). The van der Waals surface area contributed by atoms with Crippen LogP contribution in [0.3, 0.4) is 0 Å². The van der Waals surface area contributed by atoms with Gasteiger partial charge >= 0.3 is 0 Å². The van der Waals surface area contributed by atoms with Gasteiger partial charge in [0, 0.05) is 41.9 Å². The first kappa shape index (κ1) is 18.0. The Hall–Kier alpha value is -0.400. The first-order valence-electron chi connectivity index (χ1n) is 9.81. The van der Waals surface area contributed by atoms with E-state index in [1.807, 2.05) is 16.7 Å². The molecular weight excluding hydrogens is 354 g/mol. The molecule has 0 radical (unpaired) electrons. The zero-order valence-electron chi connectivity index (χ0n) is 14.7. The van der Waals surface area contributed by atoms with Gasteiger partial charge in [-0.15, -0.1) is 11.8 Å². The zero-order valence-corrected chi connectivity index (χ0v) is 16.4. The lowest BCUT2D eigenvalue weighted by atomic mass is 9.95. The molecule has 2 aliphatic carbocycles. The van der Waals surface area contributed by atoms with Crippen molar-refractivity contribution in [1.29, 1.82) is 0 Å². The molecule has 0 aromatic heterocycles. The molecule has 5 unspecified atom stereocenters. The summed E-state index contributed by atoms with van der Waals surface area (Å²) in [6.07, 6.45) is 7.88. The van der Waals surface area contributed by atoms with Crippen LogP contribution in [0.5, 0.6) is 0 Å². The molecule has 25 heavy (non-hydrogen) atoms. The molecular formula is C18H29N3O2S2. The molecule has 2 saturated carbocycles. The number of hydrogen-bond donors (Lipinski definition) is 2. The molecule has 2 aliphatic heterocycles. The summed E-state index contributed by atoms with van der Waals surface area (Å²) in [6.45, 7) is 1.73. The second-order valence-corrected chi connectivity index (χ2v) is 10.3. The lowest BCUT2D eigenvalue weighted by molar-refractivity contribution is -0.136. The maximum atomic E-state index is 12.9. The molecule has 2 saturated heterocycles. The van der Waals surface area contributed by atoms with Crippen LogP contribution in [-0.2, 0) is 9.59 Å². The van der Waals surface area contributed by atoms with E-state index in [2.05, 4.69) is 10.6 Å². The lowest BCUT2D eigenvalue weighted by Gasteiger charge is -2.31. The molecule has 0 bridgehead atoms. The van der Waals surface area contributed by atoms with E-state index in [1.165, 1.54) is 25.7 Å². The third-order valence-corrected chi connectivity index (χ3v) is 8.58. The zero-order chi connectivity index (χ0) is 17.2. The van der Waals surface area contributed by atoms with Gasteiger partial charge in [-0.3, -0.25) is 14.9 Å². The molecule has 4 rings (SSSR count).